The van der Waals surface area contributed by atoms with E-state index in [0.717, 1.165) is 26.6 Å². The van der Waals surface area contributed by atoms with Crippen molar-refractivity contribution in [3.05, 3.63) is 52.5 Å². The summed E-state index contributed by atoms with van der Waals surface area (Å²) in [6.45, 7) is -0.0564. The number of hydrogen-bond acceptors (Lipinski definition) is 5. The molecule has 106 valence electrons. The lowest BCUT2D eigenvalue weighted by atomic mass is 10.2. The largest absolute Gasteiger partial charge is 0.392 e. The van der Waals surface area contributed by atoms with Gasteiger partial charge in [-0.15, -0.1) is 0 Å². The second kappa shape index (κ2) is 5.67. The zero-order chi connectivity index (χ0) is 14.8. The number of aliphatic hydroxyl groups is 1. The highest BCUT2D eigenvalue weighted by Crippen LogP contribution is 2.25. The van der Waals surface area contributed by atoms with Crippen molar-refractivity contribution in [3.8, 4) is 0 Å². The van der Waals surface area contributed by atoms with Gasteiger partial charge in [0.2, 0.25) is 5.95 Å². The minimum absolute atomic E-state index is 0.0564. The molecule has 1 aromatic heterocycles. The molecule has 3 aromatic rings. The molecule has 0 unspecified atom stereocenters. The van der Waals surface area contributed by atoms with E-state index in [4.69, 9.17) is 5.73 Å². The van der Waals surface area contributed by atoms with Crippen LogP contribution in [0.2, 0.25) is 0 Å². The van der Waals surface area contributed by atoms with Crippen LogP contribution in [-0.4, -0.2) is 15.1 Å². The monoisotopic (exact) mass is 344 g/mol. The number of para-hydroxylation sites is 1. The maximum absolute atomic E-state index is 9.34. The summed E-state index contributed by atoms with van der Waals surface area (Å²) in [4.78, 5) is 8.71. The van der Waals surface area contributed by atoms with Crippen LogP contribution in [0.15, 0.2) is 46.9 Å². The number of benzene rings is 2. The summed E-state index contributed by atoms with van der Waals surface area (Å²) < 4.78 is 0.927. The van der Waals surface area contributed by atoms with Gasteiger partial charge in [0.05, 0.1) is 12.1 Å². The third-order valence-corrected chi connectivity index (χ3v) is 3.61. The minimum atomic E-state index is -0.0564. The Kier molecular flexibility index (Phi) is 3.72. The van der Waals surface area contributed by atoms with Gasteiger partial charge in [-0.25, -0.2) is 4.98 Å². The lowest BCUT2D eigenvalue weighted by Crippen LogP contribution is -2.03. The number of nitrogens with one attached hydrogen (secondary N) is 1. The molecule has 4 N–H and O–H groups in total. The number of halogens is 1. The molecule has 0 fully saturated rings. The zero-order valence-electron chi connectivity index (χ0n) is 11.0. The first-order valence-corrected chi connectivity index (χ1v) is 7.15. The van der Waals surface area contributed by atoms with E-state index < -0.39 is 0 Å². The van der Waals surface area contributed by atoms with Gasteiger partial charge in [0.25, 0.3) is 0 Å². The molecule has 0 amide bonds. The third kappa shape index (κ3) is 2.81. The minimum Gasteiger partial charge on any atom is -0.392 e. The van der Waals surface area contributed by atoms with Crippen molar-refractivity contribution in [2.75, 3.05) is 11.1 Å². The van der Waals surface area contributed by atoms with Crippen LogP contribution in [0.3, 0.4) is 0 Å². The van der Waals surface area contributed by atoms with Gasteiger partial charge in [-0.1, -0.05) is 34.1 Å². The number of rotatable bonds is 3. The van der Waals surface area contributed by atoms with Gasteiger partial charge in [-0.2, -0.15) is 4.98 Å². The maximum Gasteiger partial charge on any atom is 0.229 e. The first-order chi connectivity index (χ1) is 10.2. The van der Waals surface area contributed by atoms with E-state index in [1.54, 1.807) is 0 Å². The van der Waals surface area contributed by atoms with Gasteiger partial charge in [0.15, 0.2) is 0 Å². The molecule has 2 aromatic carbocycles. The van der Waals surface area contributed by atoms with Crippen molar-refractivity contribution in [2.24, 2.45) is 0 Å². The average molecular weight is 345 g/mol. The molecule has 0 bridgehead atoms. The van der Waals surface area contributed by atoms with E-state index >= 15 is 0 Å². The second-order valence-electron chi connectivity index (χ2n) is 4.53. The standard InChI is InChI=1S/C15H13BrN4O/c16-10-5-6-13-11(7-10)14(17)20-15(19-13)18-12-4-2-1-3-9(12)8-21/h1-7,21H,8H2,(H3,17,18,19,20). The molecule has 0 spiro atoms. The van der Waals surface area contributed by atoms with Gasteiger partial charge >= 0.3 is 0 Å². The third-order valence-electron chi connectivity index (χ3n) is 3.12. The van der Waals surface area contributed by atoms with Crippen LogP contribution in [0.25, 0.3) is 10.9 Å². The maximum atomic E-state index is 9.34. The molecule has 0 atom stereocenters. The molecule has 0 radical (unpaired) electrons. The summed E-state index contributed by atoms with van der Waals surface area (Å²) in [6, 6.07) is 13.1. The molecule has 6 heteroatoms. The Hall–Kier alpha value is -2.18. The number of nitrogens with zero attached hydrogens (tertiary/aromatic N) is 2. The SMILES string of the molecule is Nc1nc(Nc2ccccc2CO)nc2ccc(Br)cc12. The van der Waals surface area contributed by atoms with Crippen LogP contribution in [0.4, 0.5) is 17.5 Å². The van der Waals surface area contributed by atoms with Crippen molar-refractivity contribution in [3.63, 3.8) is 0 Å². The quantitative estimate of drug-likeness (QED) is 0.679. The smallest absolute Gasteiger partial charge is 0.229 e. The van der Waals surface area contributed by atoms with Crippen molar-refractivity contribution in [1.82, 2.24) is 9.97 Å². The Labute approximate surface area is 130 Å². The lowest BCUT2D eigenvalue weighted by molar-refractivity contribution is 0.282. The molecular formula is C15H13BrN4O. The van der Waals surface area contributed by atoms with Crippen LogP contribution in [-0.2, 0) is 6.61 Å². The van der Waals surface area contributed by atoms with Gasteiger partial charge in [-0.05, 0) is 24.3 Å². The van der Waals surface area contributed by atoms with E-state index in [1.807, 2.05) is 42.5 Å². The molecule has 0 aliphatic carbocycles. The van der Waals surface area contributed by atoms with Crippen molar-refractivity contribution in [1.29, 1.82) is 0 Å². The highest BCUT2D eigenvalue weighted by Gasteiger charge is 2.07. The van der Waals surface area contributed by atoms with Crippen molar-refractivity contribution in [2.45, 2.75) is 6.61 Å². The number of fused-ring (bicyclic) bond motifs is 1. The molecule has 0 saturated heterocycles. The van der Waals surface area contributed by atoms with Gasteiger partial charge in [-0.3, -0.25) is 0 Å². The van der Waals surface area contributed by atoms with Crippen LogP contribution < -0.4 is 11.1 Å². The zero-order valence-corrected chi connectivity index (χ0v) is 12.6. The summed E-state index contributed by atoms with van der Waals surface area (Å²) in [5.41, 5.74) is 8.28. The van der Waals surface area contributed by atoms with E-state index in [9.17, 15) is 5.11 Å². The van der Waals surface area contributed by atoms with Crippen LogP contribution in [0.5, 0.6) is 0 Å². The Balaban J connectivity index is 2.03. The molecule has 5 nitrogen and oxygen atoms in total. The highest BCUT2D eigenvalue weighted by atomic mass is 79.9. The fourth-order valence-electron chi connectivity index (χ4n) is 2.08. The predicted molar refractivity (Wildman–Crippen MR) is 87.3 cm³/mol. The lowest BCUT2D eigenvalue weighted by Gasteiger charge is -2.10. The number of anilines is 3. The summed E-state index contributed by atoms with van der Waals surface area (Å²) in [7, 11) is 0. The summed E-state index contributed by atoms with van der Waals surface area (Å²) in [5.74, 6) is 0.813. The number of aromatic nitrogens is 2. The summed E-state index contributed by atoms with van der Waals surface area (Å²) in [5, 5.41) is 13.2. The second-order valence-corrected chi connectivity index (χ2v) is 5.45. The molecule has 0 saturated carbocycles. The van der Waals surface area contributed by atoms with E-state index in [2.05, 4.69) is 31.2 Å². The number of nitrogens with two attached hydrogens (primary N) is 1. The van der Waals surface area contributed by atoms with Gasteiger partial charge < -0.3 is 16.2 Å². The Morgan fingerprint density at radius 3 is 2.76 bits per heavy atom. The molecular weight excluding hydrogens is 332 g/mol. The van der Waals surface area contributed by atoms with Crippen molar-refractivity contribution < 1.29 is 5.11 Å². The van der Waals surface area contributed by atoms with E-state index in [1.165, 1.54) is 0 Å². The predicted octanol–water partition coefficient (Wildman–Crippen LogP) is 3.21. The average Bonchev–Trinajstić information content (AvgIpc) is 2.49. The first kappa shape index (κ1) is 13.8. The van der Waals surface area contributed by atoms with Crippen molar-refractivity contribution >= 4 is 44.3 Å². The summed E-state index contributed by atoms with van der Waals surface area (Å²) >= 11 is 3.40. The normalized spacial score (nSPS) is 10.8. The fraction of sp³-hybridized carbons (Fsp3) is 0.0667. The fourth-order valence-corrected chi connectivity index (χ4v) is 2.44. The first-order valence-electron chi connectivity index (χ1n) is 6.36. The highest BCUT2D eigenvalue weighted by molar-refractivity contribution is 9.10. The Morgan fingerprint density at radius 2 is 1.95 bits per heavy atom. The van der Waals surface area contributed by atoms with Crippen LogP contribution >= 0.6 is 15.9 Å². The van der Waals surface area contributed by atoms with E-state index in [-0.39, 0.29) is 6.61 Å². The molecule has 3 rings (SSSR count). The Morgan fingerprint density at radius 1 is 1.14 bits per heavy atom. The molecule has 0 aliphatic heterocycles. The topological polar surface area (TPSA) is 84.1 Å². The molecule has 21 heavy (non-hydrogen) atoms. The number of nitrogen functional groups attached to an aromatic ring is 1. The molecule has 1 heterocycles. The van der Waals surface area contributed by atoms with Crippen LogP contribution in [0, 0.1) is 0 Å². The van der Waals surface area contributed by atoms with Crippen LogP contribution in [0.1, 0.15) is 5.56 Å². The Bertz CT molecular complexity index is 807. The van der Waals surface area contributed by atoms with Gasteiger partial charge in [0, 0.05) is 21.1 Å². The number of hydrogen-bond donors (Lipinski definition) is 3. The molecule has 0 aliphatic rings. The summed E-state index contributed by atoms with van der Waals surface area (Å²) in [6.07, 6.45) is 0. The van der Waals surface area contributed by atoms with Gasteiger partial charge in [0.1, 0.15) is 5.82 Å². The number of aliphatic hydroxyl groups excluding tert-OH is 1. The van der Waals surface area contributed by atoms with E-state index in [0.29, 0.717) is 11.8 Å².